The van der Waals surface area contributed by atoms with Crippen molar-refractivity contribution in [1.82, 2.24) is 19.6 Å². The standard InChI is InChI=1S/C18H17F3N4O/c1-12-15-3-2-8-24(15)9-10-25(12)11-16-22-17(23-26-16)13-4-6-14(7-5-13)18(19,20)21/h2-8,12H,9-11H2,1H3/t12-/m1/s1. The monoisotopic (exact) mass is 362 g/mol. The molecule has 0 radical (unpaired) electrons. The van der Waals surface area contributed by atoms with Crippen molar-refractivity contribution in [2.24, 2.45) is 0 Å². The summed E-state index contributed by atoms with van der Waals surface area (Å²) in [4.78, 5) is 6.57. The van der Waals surface area contributed by atoms with E-state index < -0.39 is 11.7 Å². The van der Waals surface area contributed by atoms with E-state index in [1.807, 2.05) is 6.07 Å². The van der Waals surface area contributed by atoms with E-state index in [0.717, 1.165) is 25.2 Å². The van der Waals surface area contributed by atoms with E-state index in [1.54, 1.807) is 0 Å². The van der Waals surface area contributed by atoms with Gasteiger partial charge in [0, 0.05) is 36.6 Å². The summed E-state index contributed by atoms with van der Waals surface area (Å²) >= 11 is 0. The lowest BCUT2D eigenvalue weighted by Crippen LogP contribution is -2.35. The number of benzene rings is 1. The molecular formula is C18H17F3N4O. The summed E-state index contributed by atoms with van der Waals surface area (Å²) in [5, 5.41) is 3.90. The fourth-order valence-electron chi connectivity index (χ4n) is 3.26. The van der Waals surface area contributed by atoms with E-state index in [4.69, 9.17) is 4.52 Å². The average Bonchev–Trinajstić information content (AvgIpc) is 3.26. The number of aromatic nitrogens is 3. The summed E-state index contributed by atoms with van der Waals surface area (Å²) in [5.41, 5.74) is 1.03. The van der Waals surface area contributed by atoms with Crippen molar-refractivity contribution in [2.75, 3.05) is 6.54 Å². The summed E-state index contributed by atoms with van der Waals surface area (Å²) < 4.78 is 45.5. The highest BCUT2D eigenvalue weighted by atomic mass is 19.4. The fourth-order valence-corrected chi connectivity index (χ4v) is 3.26. The molecule has 1 atom stereocenters. The second kappa shape index (κ2) is 6.28. The van der Waals surface area contributed by atoms with Gasteiger partial charge in [-0.1, -0.05) is 17.3 Å². The Kier molecular flexibility index (Phi) is 4.07. The molecule has 0 aliphatic carbocycles. The van der Waals surface area contributed by atoms with Gasteiger partial charge in [-0.15, -0.1) is 0 Å². The minimum atomic E-state index is -4.36. The predicted molar refractivity (Wildman–Crippen MR) is 88.0 cm³/mol. The topological polar surface area (TPSA) is 47.1 Å². The van der Waals surface area contributed by atoms with E-state index in [-0.39, 0.29) is 6.04 Å². The van der Waals surface area contributed by atoms with E-state index >= 15 is 0 Å². The minimum absolute atomic E-state index is 0.222. The van der Waals surface area contributed by atoms with E-state index in [1.165, 1.54) is 17.8 Å². The van der Waals surface area contributed by atoms with Crippen LogP contribution in [0.1, 0.15) is 30.1 Å². The Labute approximate surface area is 148 Å². The molecule has 0 unspecified atom stereocenters. The van der Waals surface area contributed by atoms with Gasteiger partial charge in [-0.2, -0.15) is 18.2 Å². The Morgan fingerprint density at radius 2 is 1.92 bits per heavy atom. The first-order valence-electron chi connectivity index (χ1n) is 8.31. The summed E-state index contributed by atoms with van der Waals surface area (Å²) in [6, 6.07) is 9.10. The molecule has 4 rings (SSSR count). The van der Waals surface area contributed by atoms with Crippen molar-refractivity contribution in [3.8, 4) is 11.4 Å². The molecule has 3 heterocycles. The Hall–Kier alpha value is -2.61. The molecule has 1 aromatic carbocycles. The van der Waals surface area contributed by atoms with Gasteiger partial charge in [0.1, 0.15) is 0 Å². The number of halogens is 3. The van der Waals surface area contributed by atoms with Crippen molar-refractivity contribution in [3.05, 3.63) is 59.7 Å². The van der Waals surface area contributed by atoms with Crippen LogP contribution < -0.4 is 0 Å². The van der Waals surface area contributed by atoms with Gasteiger partial charge >= 0.3 is 6.18 Å². The molecule has 2 aromatic heterocycles. The highest BCUT2D eigenvalue weighted by molar-refractivity contribution is 5.54. The number of hydrogen-bond acceptors (Lipinski definition) is 4. The maximum absolute atomic E-state index is 12.6. The van der Waals surface area contributed by atoms with E-state index in [2.05, 4.69) is 38.8 Å². The Bertz CT molecular complexity index is 898. The number of nitrogens with zero attached hydrogens (tertiary/aromatic N) is 4. The van der Waals surface area contributed by atoms with Crippen LogP contribution in [0.5, 0.6) is 0 Å². The van der Waals surface area contributed by atoms with E-state index in [0.29, 0.717) is 23.8 Å². The van der Waals surface area contributed by atoms with Crippen molar-refractivity contribution >= 4 is 0 Å². The lowest BCUT2D eigenvalue weighted by Gasteiger charge is -2.33. The van der Waals surface area contributed by atoms with Gasteiger partial charge in [0.15, 0.2) is 0 Å². The number of fused-ring (bicyclic) bond motifs is 1. The Balaban J connectivity index is 1.49. The van der Waals surface area contributed by atoms with Crippen molar-refractivity contribution < 1.29 is 17.7 Å². The zero-order chi connectivity index (χ0) is 18.3. The highest BCUT2D eigenvalue weighted by Gasteiger charge is 2.30. The van der Waals surface area contributed by atoms with Crippen LogP contribution in [0.2, 0.25) is 0 Å². The zero-order valence-electron chi connectivity index (χ0n) is 14.1. The fraction of sp³-hybridized carbons (Fsp3) is 0.333. The summed E-state index contributed by atoms with van der Waals surface area (Å²) in [6.07, 6.45) is -2.29. The third-order valence-electron chi connectivity index (χ3n) is 4.75. The molecule has 0 amide bonds. The first kappa shape index (κ1) is 16.8. The molecule has 0 spiro atoms. The predicted octanol–water partition coefficient (Wildman–Crippen LogP) is 4.13. The lowest BCUT2D eigenvalue weighted by molar-refractivity contribution is -0.137. The SMILES string of the molecule is C[C@@H]1c2cccn2CCN1Cc1nc(-c2ccc(C(F)(F)F)cc2)no1. The molecule has 0 N–H and O–H groups in total. The first-order chi connectivity index (χ1) is 12.4. The summed E-state index contributed by atoms with van der Waals surface area (Å²) in [5.74, 6) is 0.744. The first-order valence-corrected chi connectivity index (χ1v) is 8.31. The second-order valence-electron chi connectivity index (χ2n) is 6.36. The third kappa shape index (κ3) is 3.12. The van der Waals surface area contributed by atoms with Gasteiger partial charge < -0.3 is 9.09 Å². The molecule has 26 heavy (non-hydrogen) atoms. The van der Waals surface area contributed by atoms with Gasteiger partial charge in [-0.25, -0.2) is 0 Å². The lowest BCUT2D eigenvalue weighted by atomic mass is 10.1. The maximum Gasteiger partial charge on any atom is 0.416 e. The van der Waals surface area contributed by atoms with Gasteiger partial charge in [0.25, 0.3) is 0 Å². The van der Waals surface area contributed by atoms with Crippen LogP contribution >= 0.6 is 0 Å². The minimum Gasteiger partial charge on any atom is -0.349 e. The van der Waals surface area contributed by atoms with Gasteiger partial charge in [0.2, 0.25) is 11.7 Å². The van der Waals surface area contributed by atoms with Gasteiger partial charge in [0.05, 0.1) is 12.1 Å². The zero-order valence-corrected chi connectivity index (χ0v) is 14.1. The van der Waals surface area contributed by atoms with E-state index in [9.17, 15) is 13.2 Å². The van der Waals surface area contributed by atoms with Crippen LogP contribution in [0.15, 0.2) is 47.1 Å². The molecular weight excluding hydrogens is 345 g/mol. The summed E-state index contributed by atoms with van der Waals surface area (Å²) in [7, 11) is 0. The van der Waals surface area contributed by atoms with Crippen LogP contribution in [-0.2, 0) is 19.3 Å². The third-order valence-corrected chi connectivity index (χ3v) is 4.75. The number of alkyl halides is 3. The molecule has 1 aliphatic rings. The molecule has 0 saturated heterocycles. The second-order valence-corrected chi connectivity index (χ2v) is 6.36. The Morgan fingerprint density at radius 1 is 1.15 bits per heavy atom. The van der Waals surface area contributed by atoms with Crippen LogP contribution in [0.4, 0.5) is 13.2 Å². The normalized spacial score (nSPS) is 18.1. The van der Waals surface area contributed by atoms with Crippen molar-refractivity contribution in [2.45, 2.75) is 32.2 Å². The molecule has 0 saturated carbocycles. The molecule has 1 aliphatic heterocycles. The van der Waals surface area contributed by atoms with Crippen LogP contribution in [0.25, 0.3) is 11.4 Å². The number of hydrogen-bond donors (Lipinski definition) is 0. The van der Waals surface area contributed by atoms with Crippen LogP contribution in [0, 0.1) is 0 Å². The highest BCUT2D eigenvalue weighted by Crippen LogP contribution is 2.31. The molecule has 8 heteroatoms. The smallest absolute Gasteiger partial charge is 0.349 e. The molecule has 136 valence electrons. The van der Waals surface area contributed by atoms with Crippen LogP contribution in [-0.4, -0.2) is 26.2 Å². The van der Waals surface area contributed by atoms with Gasteiger partial charge in [-0.05, 0) is 31.2 Å². The molecule has 5 nitrogen and oxygen atoms in total. The quantitative estimate of drug-likeness (QED) is 0.703. The maximum atomic E-state index is 12.6. The Morgan fingerprint density at radius 3 is 2.65 bits per heavy atom. The number of rotatable bonds is 3. The average molecular weight is 362 g/mol. The largest absolute Gasteiger partial charge is 0.416 e. The van der Waals surface area contributed by atoms with Crippen molar-refractivity contribution in [3.63, 3.8) is 0 Å². The summed E-state index contributed by atoms with van der Waals surface area (Å²) in [6.45, 7) is 4.38. The van der Waals surface area contributed by atoms with Crippen molar-refractivity contribution in [1.29, 1.82) is 0 Å². The van der Waals surface area contributed by atoms with Gasteiger partial charge in [-0.3, -0.25) is 4.90 Å². The molecule has 0 fully saturated rings. The van der Waals surface area contributed by atoms with Crippen LogP contribution in [0.3, 0.4) is 0 Å². The molecule has 3 aromatic rings. The molecule has 0 bridgehead atoms.